The van der Waals surface area contributed by atoms with Crippen LogP contribution in [0.3, 0.4) is 0 Å². The summed E-state index contributed by atoms with van der Waals surface area (Å²) in [6.45, 7) is 1.39. The van der Waals surface area contributed by atoms with Crippen LogP contribution < -0.4 is 0 Å². The Bertz CT molecular complexity index is 1040. The summed E-state index contributed by atoms with van der Waals surface area (Å²) in [5.41, 5.74) is 2.08. The van der Waals surface area contributed by atoms with Gasteiger partial charge in [0.25, 0.3) is 0 Å². The van der Waals surface area contributed by atoms with Crippen molar-refractivity contribution >= 4 is 37.8 Å². The molecule has 2 aliphatic rings. The van der Waals surface area contributed by atoms with Crippen LogP contribution in [-0.2, 0) is 0 Å². The average Bonchev–Trinajstić information content (AvgIpc) is 2.94. The molecule has 1 unspecified atom stereocenters. The molecule has 0 spiro atoms. The van der Waals surface area contributed by atoms with Gasteiger partial charge in [-0.2, -0.15) is 4.98 Å². The minimum absolute atomic E-state index is 0.00415. The number of amides is 1. The number of allylic oxidation sites excluding steroid dienone is 6. The van der Waals surface area contributed by atoms with Crippen LogP contribution in [0.5, 0.6) is 5.75 Å². The molecule has 1 saturated heterocycles. The van der Waals surface area contributed by atoms with E-state index in [0.29, 0.717) is 39.3 Å². The van der Waals surface area contributed by atoms with Gasteiger partial charge in [0.15, 0.2) is 0 Å². The number of phenolic OH excluding ortho intramolecular Hbond substituents is 1. The summed E-state index contributed by atoms with van der Waals surface area (Å²) in [4.78, 5) is 19.1. The van der Waals surface area contributed by atoms with Gasteiger partial charge in [-0.05, 0) is 82.0 Å². The van der Waals surface area contributed by atoms with Gasteiger partial charge in [0.1, 0.15) is 5.75 Å². The van der Waals surface area contributed by atoms with Crippen molar-refractivity contribution in [1.82, 2.24) is 15.0 Å². The Morgan fingerprint density at radius 3 is 2.77 bits per heavy atom. The highest BCUT2D eigenvalue weighted by atomic mass is 79.9. The van der Waals surface area contributed by atoms with Gasteiger partial charge in [0, 0.05) is 18.7 Å². The third-order valence-corrected chi connectivity index (χ3v) is 6.85. The van der Waals surface area contributed by atoms with Crippen LogP contribution in [0.1, 0.15) is 42.8 Å². The monoisotopic (exact) mass is 547 g/mol. The number of carbonyl (C=O) groups excluding carboxylic acids is 1. The number of hydrogen-bond donors (Lipinski definition) is 1. The zero-order valence-electron chi connectivity index (χ0n) is 16.9. The number of nitrogens with zero attached hydrogens (tertiary/aromatic N) is 3. The van der Waals surface area contributed by atoms with Crippen molar-refractivity contribution < 1.29 is 14.4 Å². The molecule has 2 aromatic rings. The molecule has 6 nitrogen and oxygen atoms in total. The van der Waals surface area contributed by atoms with E-state index in [2.05, 4.69) is 72.4 Å². The molecule has 1 aromatic carbocycles. The SMILES string of the molecule is O=C(c1nc(-c2cc(Br)c(O)c(Br)c2)no1)N1CCCC(CC2=CC=CC=CC2)CC1. The van der Waals surface area contributed by atoms with Gasteiger partial charge in [-0.1, -0.05) is 41.1 Å². The molecule has 0 radical (unpaired) electrons. The number of phenols is 1. The Hall–Kier alpha value is -2.19. The van der Waals surface area contributed by atoms with Crippen molar-refractivity contribution in [2.45, 2.75) is 32.1 Å². The van der Waals surface area contributed by atoms with E-state index in [4.69, 9.17) is 4.52 Å². The van der Waals surface area contributed by atoms with E-state index >= 15 is 0 Å². The van der Waals surface area contributed by atoms with Gasteiger partial charge >= 0.3 is 11.8 Å². The Kier molecular flexibility index (Phi) is 7.07. The van der Waals surface area contributed by atoms with E-state index in [1.807, 2.05) is 4.90 Å². The Labute approximate surface area is 198 Å². The molecule has 1 aliphatic heterocycles. The quantitative estimate of drug-likeness (QED) is 0.503. The van der Waals surface area contributed by atoms with E-state index < -0.39 is 0 Å². The van der Waals surface area contributed by atoms with Gasteiger partial charge in [-0.15, -0.1) is 0 Å². The number of aromatic hydroxyl groups is 1. The first kappa shape index (κ1) is 22.0. The summed E-state index contributed by atoms with van der Waals surface area (Å²) in [7, 11) is 0. The zero-order valence-corrected chi connectivity index (χ0v) is 20.1. The number of aromatic nitrogens is 2. The van der Waals surface area contributed by atoms with E-state index in [-0.39, 0.29) is 17.5 Å². The molecule has 162 valence electrons. The van der Waals surface area contributed by atoms with Gasteiger partial charge in [0.2, 0.25) is 5.82 Å². The standard InChI is InChI=1S/C23H23Br2N3O3/c24-18-13-17(14-19(25)20(18)29)21-26-22(31-27-21)23(30)28-10-5-8-16(9-11-28)12-15-6-3-1-2-4-7-15/h1-4,6,13-14,16,29H,5,7-12H2. The molecule has 8 heteroatoms. The van der Waals surface area contributed by atoms with E-state index in [1.165, 1.54) is 5.57 Å². The second kappa shape index (κ2) is 9.96. The van der Waals surface area contributed by atoms with Crippen molar-refractivity contribution in [1.29, 1.82) is 0 Å². The average molecular weight is 549 g/mol. The number of benzene rings is 1. The fraction of sp³-hybridized carbons (Fsp3) is 0.348. The van der Waals surface area contributed by atoms with Crippen LogP contribution in [0, 0.1) is 5.92 Å². The summed E-state index contributed by atoms with van der Waals surface area (Å²) in [5.74, 6) is 0.744. The van der Waals surface area contributed by atoms with Crippen molar-refractivity contribution in [3.63, 3.8) is 0 Å². The van der Waals surface area contributed by atoms with E-state index in [9.17, 15) is 9.90 Å². The summed E-state index contributed by atoms with van der Waals surface area (Å²) >= 11 is 6.59. The van der Waals surface area contributed by atoms with Crippen molar-refractivity contribution in [2.75, 3.05) is 13.1 Å². The molecule has 1 amide bonds. The van der Waals surface area contributed by atoms with Gasteiger partial charge in [0.05, 0.1) is 8.95 Å². The lowest BCUT2D eigenvalue weighted by Crippen LogP contribution is -2.32. The maximum Gasteiger partial charge on any atom is 0.316 e. The number of hydrogen-bond acceptors (Lipinski definition) is 5. The van der Waals surface area contributed by atoms with Gasteiger partial charge in [-0.3, -0.25) is 4.79 Å². The molecular weight excluding hydrogens is 526 g/mol. The first-order valence-corrected chi connectivity index (χ1v) is 11.9. The summed E-state index contributed by atoms with van der Waals surface area (Å²) < 4.78 is 6.28. The number of carbonyl (C=O) groups is 1. The second-order valence-corrected chi connectivity index (χ2v) is 9.56. The van der Waals surface area contributed by atoms with Gasteiger partial charge < -0.3 is 14.5 Å². The third kappa shape index (κ3) is 5.36. The first-order valence-electron chi connectivity index (χ1n) is 10.3. The molecule has 1 aromatic heterocycles. The summed E-state index contributed by atoms with van der Waals surface area (Å²) in [6.07, 6.45) is 15.8. The third-order valence-electron chi connectivity index (χ3n) is 5.64. The summed E-state index contributed by atoms with van der Waals surface area (Å²) in [5, 5.41) is 13.8. The number of likely N-dealkylation sites (tertiary alicyclic amines) is 1. The molecule has 0 saturated carbocycles. The van der Waals surface area contributed by atoms with Crippen LogP contribution in [0.4, 0.5) is 0 Å². The van der Waals surface area contributed by atoms with Crippen LogP contribution in [0.25, 0.3) is 11.4 Å². The van der Waals surface area contributed by atoms with Gasteiger partial charge in [-0.25, -0.2) is 0 Å². The fourth-order valence-corrected chi connectivity index (χ4v) is 5.16. The fourth-order valence-electron chi connectivity index (χ4n) is 3.97. The van der Waals surface area contributed by atoms with Crippen LogP contribution in [-0.4, -0.2) is 39.1 Å². The van der Waals surface area contributed by atoms with Crippen molar-refractivity contribution in [3.8, 4) is 17.1 Å². The van der Waals surface area contributed by atoms with Crippen molar-refractivity contribution in [2.24, 2.45) is 5.92 Å². The zero-order chi connectivity index (χ0) is 21.8. The molecule has 1 aliphatic carbocycles. The predicted octanol–water partition coefficient (Wildman–Crippen LogP) is 6.04. The summed E-state index contributed by atoms with van der Waals surface area (Å²) in [6, 6.07) is 3.37. The first-order chi connectivity index (χ1) is 15.0. The molecule has 1 fully saturated rings. The Morgan fingerprint density at radius 2 is 1.97 bits per heavy atom. The predicted molar refractivity (Wildman–Crippen MR) is 126 cm³/mol. The smallest absolute Gasteiger partial charge is 0.316 e. The minimum atomic E-state index is -0.226. The molecule has 1 atom stereocenters. The van der Waals surface area contributed by atoms with E-state index in [0.717, 1.165) is 32.1 Å². The lowest BCUT2D eigenvalue weighted by atomic mass is 9.91. The molecule has 0 bridgehead atoms. The lowest BCUT2D eigenvalue weighted by Gasteiger charge is -2.19. The molecule has 4 rings (SSSR count). The number of halogens is 2. The van der Waals surface area contributed by atoms with Crippen LogP contribution in [0.15, 0.2) is 61.6 Å². The molecular formula is C23H23Br2N3O3. The van der Waals surface area contributed by atoms with Crippen LogP contribution in [0.2, 0.25) is 0 Å². The largest absolute Gasteiger partial charge is 0.506 e. The van der Waals surface area contributed by atoms with E-state index in [1.54, 1.807) is 12.1 Å². The Morgan fingerprint density at radius 1 is 1.16 bits per heavy atom. The highest BCUT2D eigenvalue weighted by molar-refractivity contribution is 9.11. The molecule has 1 N–H and O–H groups in total. The number of rotatable bonds is 4. The minimum Gasteiger partial charge on any atom is -0.506 e. The maximum atomic E-state index is 13.0. The molecule has 31 heavy (non-hydrogen) atoms. The highest BCUT2D eigenvalue weighted by Gasteiger charge is 2.26. The second-order valence-electron chi connectivity index (χ2n) is 7.85. The Balaban J connectivity index is 1.40. The topological polar surface area (TPSA) is 79.5 Å². The maximum absolute atomic E-state index is 13.0. The lowest BCUT2D eigenvalue weighted by molar-refractivity contribution is 0.0710. The normalized spacial score (nSPS) is 19.1. The van der Waals surface area contributed by atoms with Crippen LogP contribution >= 0.6 is 31.9 Å². The highest BCUT2D eigenvalue weighted by Crippen LogP contribution is 2.36. The molecule has 2 heterocycles. The van der Waals surface area contributed by atoms with Crippen molar-refractivity contribution in [3.05, 3.63) is 62.9 Å².